The Morgan fingerprint density at radius 1 is 1.73 bits per heavy atom. The Balaban J connectivity index is 2.80. The standard InChI is InChI=1S/C11H17NO3/c1-3-7-11(10(14)15-4-2)8-5-6-9(13)12-11/h3H,1,4-8H2,2H3,(H,12,13)/t11-/m1/s1. The summed E-state index contributed by atoms with van der Waals surface area (Å²) in [5.74, 6) is -0.436. The highest BCUT2D eigenvalue weighted by Crippen LogP contribution is 2.25. The quantitative estimate of drug-likeness (QED) is 0.561. The van der Waals surface area contributed by atoms with Crippen LogP contribution in [0, 0.1) is 0 Å². The average molecular weight is 211 g/mol. The minimum absolute atomic E-state index is 0.0869. The summed E-state index contributed by atoms with van der Waals surface area (Å²) < 4.78 is 4.98. The first kappa shape index (κ1) is 11.8. The summed E-state index contributed by atoms with van der Waals surface area (Å²) in [6, 6.07) is 0. The Labute approximate surface area is 89.7 Å². The summed E-state index contributed by atoms with van der Waals surface area (Å²) in [7, 11) is 0. The van der Waals surface area contributed by atoms with Crippen LogP contribution in [0.4, 0.5) is 0 Å². The zero-order valence-electron chi connectivity index (χ0n) is 9.04. The molecule has 0 aromatic carbocycles. The van der Waals surface area contributed by atoms with E-state index in [9.17, 15) is 9.59 Å². The van der Waals surface area contributed by atoms with Crippen LogP contribution in [-0.4, -0.2) is 24.0 Å². The van der Waals surface area contributed by atoms with Crippen molar-refractivity contribution < 1.29 is 14.3 Å². The van der Waals surface area contributed by atoms with Crippen LogP contribution in [0.15, 0.2) is 12.7 Å². The SMILES string of the molecule is C=CC[C@]1(C(=O)OCC)CCCC(=O)N1. The van der Waals surface area contributed by atoms with Gasteiger partial charge in [0.15, 0.2) is 0 Å². The highest BCUT2D eigenvalue weighted by Gasteiger charge is 2.42. The summed E-state index contributed by atoms with van der Waals surface area (Å²) >= 11 is 0. The molecule has 0 aromatic rings. The molecule has 0 radical (unpaired) electrons. The van der Waals surface area contributed by atoms with Crippen LogP contribution < -0.4 is 5.32 Å². The van der Waals surface area contributed by atoms with Gasteiger partial charge in [0.25, 0.3) is 0 Å². The molecule has 4 heteroatoms. The molecule has 84 valence electrons. The summed E-state index contributed by atoms with van der Waals surface area (Å²) in [6.45, 7) is 5.69. The molecule has 0 aromatic heterocycles. The second-order valence-electron chi connectivity index (χ2n) is 3.70. The second-order valence-corrected chi connectivity index (χ2v) is 3.70. The van der Waals surface area contributed by atoms with E-state index in [2.05, 4.69) is 11.9 Å². The van der Waals surface area contributed by atoms with E-state index in [-0.39, 0.29) is 11.9 Å². The summed E-state index contributed by atoms with van der Waals surface area (Å²) in [4.78, 5) is 23.1. The molecule has 1 saturated heterocycles. The molecule has 0 aliphatic carbocycles. The third-order valence-electron chi connectivity index (χ3n) is 2.55. The molecule has 0 unspecified atom stereocenters. The zero-order chi connectivity index (χ0) is 11.3. The molecule has 1 aliphatic heterocycles. The first-order valence-corrected chi connectivity index (χ1v) is 5.24. The van der Waals surface area contributed by atoms with Gasteiger partial charge >= 0.3 is 5.97 Å². The van der Waals surface area contributed by atoms with Crippen LogP contribution >= 0.6 is 0 Å². The van der Waals surface area contributed by atoms with Gasteiger partial charge in [0, 0.05) is 6.42 Å². The molecule has 15 heavy (non-hydrogen) atoms. The van der Waals surface area contributed by atoms with Crippen LogP contribution in [-0.2, 0) is 14.3 Å². The van der Waals surface area contributed by atoms with Crippen molar-refractivity contribution in [2.75, 3.05) is 6.61 Å². The van der Waals surface area contributed by atoms with E-state index in [4.69, 9.17) is 4.74 Å². The van der Waals surface area contributed by atoms with Crippen molar-refractivity contribution in [3.8, 4) is 0 Å². The molecule has 1 N–H and O–H groups in total. The molecular weight excluding hydrogens is 194 g/mol. The number of amides is 1. The maximum absolute atomic E-state index is 11.8. The van der Waals surface area contributed by atoms with E-state index in [1.165, 1.54) is 0 Å². The number of nitrogens with one attached hydrogen (secondary N) is 1. The predicted molar refractivity (Wildman–Crippen MR) is 56.2 cm³/mol. The van der Waals surface area contributed by atoms with E-state index >= 15 is 0 Å². The summed E-state index contributed by atoms with van der Waals surface area (Å²) in [5, 5.41) is 2.73. The Kier molecular flexibility index (Phi) is 3.88. The van der Waals surface area contributed by atoms with E-state index < -0.39 is 5.54 Å². The maximum atomic E-state index is 11.8. The van der Waals surface area contributed by atoms with Gasteiger partial charge in [-0.15, -0.1) is 6.58 Å². The van der Waals surface area contributed by atoms with E-state index in [0.29, 0.717) is 25.9 Å². The molecule has 0 spiro atoms. The Bertz CT molecular complexity index is 275. The number of hydrogen-bond acceptors (Lipinski definition) is 3. The van der Waals surface area contributed by atoms with Gasteiger partial charge < -0.3 is 10.1 Å². The Morgan fingerprint density at radius 2 is 2.47 bits per heavy atom. The lowest BCUT2D eigenvalue weighted by Crippen LogP contribution is -2.57. The van der Waals surface area contributed by atoms with Crippen molar-refractivity contribution in [3.05, 3.63) is 12.7 Å². The van der Waals surface area contributed by atoms with Crippen molar-refractivity contribution in [2.45, 2.75) is 38.1 Å². The number of esters is 1. The normalized spacial score (nSPS) is 25.5. The molecule has 1 rings (SSSR count). The topological polar surface area (TPSA) is 55.4 Å². The minimum atomic E-state index is -0.868. The molecule has 0 saturated carbocycles. The fraction of sp³-hybridized carbons (Fsp3) is 0.636. The van der Waals surface area contributed by atoms with Gasteiger partial charge in [0.1, 0.15) is 5.54 Å². The molecule has 1 amide bonds. The summed E-state index contributed by atoms with van der Waals surface area (Å²) in [6.07, 6.45) is 3.90. The van der Waals surface area contributed by atoms with Gasteiger partial charge in [0.2, 0.25) is 5.91 Å². The van der Waals surface area contributed by atoms with Crippen molar-refractivity contribution in [1.82, 2.24) is 5.32 Å². The first-order valence-electron chi connectivity index (χ1n) is 5.24. The highest BCUT2D eigenvalue weighted by molar-refractivity contribution is 5.89. The first-order chi connectivity index (χ1) is 7.14. The van der Waals surface area contributed by atoms with Crippen molar-refractivity contribution in [2.24, 2.45) is 0 Å². The molecule has 1 fully saturated rings. The smallest absolute Gasteiger partial charge is 0.332 e. The van der Waals surface area contributed by atoms with Gasteiger partial charge in [-0.3, -0.25) is 4.79 Å². The predicted octanol–water partition coefficient (Wildman–Crippen LogP) is 1.16. The Morgan fingerprint density at radius 3 is 3.00 bits per heavy atom. The number of carbonyl (C=O) groups excluding carboxylic acids is 2. The van der Waals surface area contributed by atoms with Crippen molar-refractivity contribution >= 4 is 11.9 Å². The molecule has 1 aliphatic rings. The van der Waals surface area contributed by atoms with Gasteiger partial charge in [0.05, 0.1) is 6.61 Å². The van der Waals surface area contributed by atoms with Crippen LogP contribution in [0.3, 0.4) is 0 Å². The molecular formula is C11H17NO3. The lowest BCUT2D eigenvalue weighted by molar-refractivity contribution is -0.155. The second kappa shape index (κ2) is 4.96. The third-order valence-corrected chi connectivity index (χ3v) is 2.55. The fourth-order valence-corrected chi connectivity index (χ4v) is 1.85. The molecule has 0 bridgehead atoms. The van der Waals surface area contributed by atoms with E-state index in [0.717, 1.165) is 6.42 Å². The largest absolute Gasteiger partial charge is 0.464 e. The molecule has 4 nitrogen and oxygen atoms in total. The van der Waals surface area contributed by atoms with Crippen molar-refractivity contribution in [1.29, 1.82) is 0 Å². The van der Waals surface area contributed by atoms with Gasteiger partial charge in [-0.1, -0.05) is 6.08 Å². The van der Waals surface area contributed by atoms with Gasteiger partial charge in [-0.25, -0.2) is 4.79 Å². The highest BCUT2D eigenvalue weighted by atomic mass is 16.5. The van der Waals surface area contributed by atoms with E-state index in [1.54, 1.807) is 13.0 Å². The number of rotatable bonds is 4. The number of ether oxygens (including phenoxy) is 1. The van der Waals surface area contributed by atoms with Crippen LogP contribution in [0.2, 0.25) is 0 Å². The summed E-state index contributed by atoms with van der Waals surface area (Å²) in [5.41, 5.74) is -0.868. The molecule has 1 heterocycles. The lowest BCUT2D eigenvalue weighted by atomic mass is 9.85. The van der Waals surface area contributed by atoms with Crippen LogP contribution in [0.25, 0.3) is 0 Å². The maximum Gasteiger partial charge on any atom is 0.332 e. The monoisotopic (exact) mass is 211 g/mol. The van der Waals surface area contributed by atoms with Crippen LogP contribution in [0.5, 0.6) is 0 Å². The third kappa shape index (κ3) is 2.58. The van der Waals surface area contributed by atoms with Gasteiger partial charge in [-0.05, 0) is 26.2 Å². The minimum Gasteiger partial charge on any atom is -0.464 e. The van der Waals surface area contributed by atoms with Gasteiger partial charge in [-0.2, -0.15) is 0 Å². The zero-order valence-corrected chi connectivity index (χ0v) is 9.04. The van der Waals surface area contributed by atoms with Crippen LogP contribution in [0.1, 0.15) is 32.6 Å². The fourth-order valence-electron chi connectivity index (χ4n) is 1.85. The van der Waals surface area contributed by atoms with Crippen molar-refractivity contribution in [3.63, 3.8) is 0 Å². The Hall–Kier alpha value is -1.32. The average Bonchev–Trinajstić information content (AvgIpc) is 2.18. The van der Waals surface area contributed by atoms with E-state index in [1.807, 2.05) is 0 Å². The number of carbonyl (C=O) groups is 2. The number of piperidine rings is 1. The number of hydrogen-bond donors (Lipinski definition) is 1. The molecule has 1 atom stereocenters. The lowest BCUT2D eigenvalue weighted by Gasteiger charge is -2.34.